The maximum Gasteiger partial charge on any atom is 0.255 e. The second-order valence-electron chi connectivity index (χ2n) is 13.0. The number of nitrogens with two attached hydrogens (primary N) is 1. The highest BCUT2D eigenvalue weighted by atomic mass is 19.1. The second-order valence-corrected chi connectivity index (χ2v) is 13.0. The molecule has 3 aromatic rings. The van der Waals surface area contributed by atoms with E-state index in [4.69, 9.17) is 11.0 Å². The smallest absolute Gasteiger partial charge is 0.255 e. The van der Waals surface area contributed by atoms with E-state index in [-0.39, 0.29) is 24.3 Å². The molecule has 0 unspecified atom stereocenters. The number of aliphatic hydroxyl groups is 3. The minimum absolute atomic E-state index is 0.00309. The fraction of sp³-hybridized carbons (Fsp3) is 0.471. The van der Waals surface area contributed by atoms with Gasteiger partial charge in [0, 0.05) is 44.5 Å². The number of β-amino-alcohol motifs (C(OH)–C–C–N with tert-alkyl or cyclic N) is 2. The normalized spacial score (nSPS) is 17.7. The molecule has 3 aromatic heterocycles. The lowest BCUT2D eigenvalue weighted by molar-refractivity contribution is -0.00177. The summed E-state index contributed by atoms with van der Waals surface area (Å²) in [5, 5.41) is 56.2. The monoisotopic (exact) mass is 689 g/mol. The molecule has 8 N–H and O–H groups in total. The maximum atomic E-state index is 14.1. The van der Waals surface area contributed by atoms with Gasteiger partial charge >= 0.3 is 0 Å². The number of carbonyl (C=O) groups is 1. The Hall–Kier alpha value is -5.29. The van der Waals surface area contributed by atoms with Crippen molar-refractivity contribution < 1.29 is 24.5 Å². The van der Waals surface area contributed by atoms with Crippen LogP contribution in [-0.2, 0) is 0 Å². The Bertz CT molecular complexity index is 1740. The summed E-state index contributed by atoms with van der Waals surface area (Å²) < 4.78 is 14.1. The lowest BCUT2D eigenvalue weighted by atomic mass is 10.0. The molecule has 0 aliphatic carbocycles. The molecule has 5 heterocycles. The molecule has 266 valence electrons. The van der Waals surface area contributed by atoms with Crippen LogP contribution in [0.2, 0.25) is 0 Å². The Labute approximate surface area is 290 Å². The fourth-order valence-corrected chi connectivity index (χ4v) is 5.30. The van der Waals surface area contributed by atoms with Crippen molar-refractivity contribution in [2.24, 2.45) is 0 Å². The first-order valence-electron chi connectivity index (χ1n) is 16.3. The number of aliphatic hydroxyl groups excluding tert-OH is 2. The minimum atomic E-state index is -1.63. The minimum Gasteiger partial charge on any atom is -0.391 e. The van der Waals surface area contributed by atoms with E-state index in [0.29, 0.717) is 84.9 Å². The van der Waals surface area contributed by atoms with Crippen LogP contribution in [0.3, 0.4) is 0 Å². The van der Waals surface area contributed by atoms with Crippen molar-refractivity contribution in [2.45, 2.75) is 70.6 Å². The summed E-state index contributed by atoms with van der Waals surface area (Å²) in [5.41, 5.74) is 5.63. The maximum absolute atomic E-state index is 14.1. The van der Waals surface area contributed by atoms with E-state index in [9.17, 15) is 29.8 Å². The van der Waals surface area contributed by atoms with E-state index in [1.54, 1.807) is 30.3 Å². The van der Waals surface area contributed by atoms with E-state index in [2.05, 4.69) is 43.0 Å². The van der Waals surface area contributed by atoms with Crippen molar-refractivity contribution in [1.82, 2.24) is 20.3 Å². The molecule has 15 nitrogen and oxygen atoms in total. The lowest BCUT2D eigenvalue weighted by Gasteiger charge is -2.23. The van der Waals surface area contributed by atoms with Gasteiger partial charge in [-0.15, -0.1) is 0 Å². The summed E-state index contributed by atoms with van der Waals surface area (Å²) in [7, 11) is 0. The number of hydrogen-bond acceptors (Lipinski definition) is 14. The predicted molar refractivity (Wildman–Crippen MR) is 188 cm³/mol. The molecule has 2 saturated heterocycles. The molecule has 50 heavy (non-hydrogen) atoms. The number of halogens is 1. The van der Waals surface area contributed by atoms with Crippen LogP contribution in [0.4, 0.5) is 39.2 Å². The van der Waals surface area contributed by atoms with Crippen LogP contribution in [0.5, 0.6) is 0 Å². The highest BCUT2D eigenvalue weighted by molar-refractivity contribution is 5.99. The first kappa shape index (κ1) is 37.5. The number of aromatic nitrogens is 3. The van der Waals surface area contributed by atoms with Crippen molar-refractivity contribution in [3.63, 3.8) is 0 Å². The Morgan fingerprint density at radius 2 is 1.60 bits per heavy atom. The summed E-state index contributed by atoms with van der Waals surface area (Å²) in [6.07, 6.45) is 0.275. The van der Waals surface area contributed by atoms with Gasteiger partial charge in [-0.2, -0.15) is 10.5 Å². The average molecular weight is 690 g/mol. The van der Waals surface area contributed by atoms with E-state index in [1.165, 1.54) is 20.0 Å². The topological polar surface area (TPSA) is 233 Å². The van der Waals surface area contributed by atoms with Crippen LogP contribution < -0.4 is 31.5 Å². The Morgan fingerprint density at radius 3 is 2.12 bits per heavy atom. The number of nitrogens with zero attached hydrogens (tertiary/aromatic N) is 7. The van der Waals surface area contributed by atoms with Gasteiger partial charge in [-0.25, -0.2) is 19.3 Å². The van der Waals surface area contributed by atoms with E-state index in [1.807, 2.05) is 23.6 Å². The van der Waals surface area contributed by atoms with Crippen LogP contribution in [0.15, 0.2) is 36.5 Å². The third-order valence-electron chi connectivity index (χ3n) is 8.00. The molecule has 0 radical (unpaired) electrons. The summed E-state index contributed by atoms with van der Waals surface area (Å²) in [6.45, 7) is 8.41. The van der Waals surface area contributed by atoms with Crippen molar-refractivity contribution in [2.75, 3.05) is 58.9 Å². The number of amides is 1. The molecule has 2 fully saturated rings. The first-order valence-corrected chi connectivity index (χ1v) is 16.3. The number of nitrogens with one attached hydrogen (secondary N) is 3. The molecule has 0 bridgehead atoms. The predicted octanol–water partition coefficient (Wildman–Crippen LogP) is 2.43. The van der Waals surface area contributed by atoms with Crippen LogP contribution in [0.25, 0.3) is 0 Å². The van der Waals surface area contributed by atoms with Gasteiger partial charge in [-0.3, -0.25) is 4.79 Å². The van der Waals surface area contributed by atoms with Crippen molar-refractivity contribution in [3.05, 3.63) is 53.2 Å². The van der Waals surface area contributed by atoms with Gasteiger partial charge in [0.1, 0.15) is 47.4 Å². The van der Waals surface area contributed by atoms with Crippen LogP contribution >= 0.6 is 0 Å². The largest absolute Gasteiger partial charge is 0.391 e. The SMILES string of the molecule is CC(C)Nc1cc(Nc2ccc(C#N)c(N3CC[C@@H](O)C3)n2)ncc1C(=O)NC[C@@H](F)C(C)(C)O.N#Cc1ccc(N)nc1N1CC[C@@H](O)C1. The number of nitriles is 2. The van der Waals surface area contributed by atoms with Gasteiger partial charge in [-0.05, 0) is 64.8 Å². The van der Waals surface area contributed by atoms with E-state index in [0.717, 1.165) is 0 Å². The zero-order chi connectivity index (χ0) is 36.6. The Balaban J connectivity index is 0.000000310. The molecule has 1 amide bonds. The summed E-state index contributed by atoms with van der Waals surface area (Å²) in [6, 6.07) is 12.4. The molecule has 0 aromatic carbocycles. The van der Waals surface area contributed by atoms with Gasteiger partial charge in [0.25, 0.3) is 5.91 Å². The highest BCUT2D eigenvalue weighted by Gasteiger charge is 2.28. The molecule has 16 heteroatoms. The van der Waals surface area contributed by atoms with E-state index < -0.39 is 23.8 Å². The molecule has 2 aliphatic heterocycles. The quantitative estimate of drug-likeness (QED) is 0.162. The third kappa shape index (κ3) is 9.88. The molecule has 0 spiro atoms. The molecular formula is C34H44FN11O4. The van der Waals surface area contributed by atoms with Gasteiger partial charge in [-0.1, -0.05) is 0 Å². The molecular weight excluding hydrogens is 645 g/mol. The third-order valence-corrected chi connectivity index (χ3v) is 8.00. The first-order chi connectivity index (χ1) is 23.7. The van der Waals surface area contributed by atoms with Gasteiger partial charge in [0.15, 0.2) is 0 Å². The number of hydrogen-bond donors (Lipinski definition) is 7. The fourth-order valence-electron chi connectivity index (χ4n) is 5.30. The van der Waals surface area contributed by atoms with Gasteiger partial charge < -0.3 is 46.8 Å². The zero-order valence-electron chi connectivity index (χ0n) is 28.6. The van der Waals surface area contributed by atoms with Gasteiger partial charge in [0.05, 0.1) is 46.7 Å². The molecule has 2 aliphatic rings. The van der Waals surface area contributed by atoms with E-state index >= 15 is 0 Å². The number of nitrogen functional groups attached to an aromatic ring is 1. The number of alkyl halides is 1. The molecule has 5 rings (SSSR count). The number of anilines is 6. The Kier molecular flexibility index (Phi) is 12.3. The average Bonchev–Trinajstić information content (AvgIpc) is 3.71. The van der Waals surface area contributed by atoms with Crippen LogP contribution in [0.1, 0.15) is 62.0 Å². The number of carbonyl (C=O) groups excluding carboxylic acids is 1. The molecule has 3 atom stereocenters. The van der Waals surface area contributed by atoms with Crippen LogP contribution in [0, 0.1) is 22.7 Å². The number of pyridine rings is 3. The number of rotatable bonds is 10. The zero-order valence-corrected chi connectivity index (χ0v) is 28.6. The van der Waals surface area contributed by atoms with Crippen LogP contribution in [-0.4, -0.2) is 98.9 Å². The summed E-state index contributed by atoms with van der Waals surface area (Å²) in [5.74, 6) is 1.79. The second kappa shape index (κ2) is 16.4. The standard InChI is InChI=1S/C24H32FN7O3.C10H12N4O/c1-14(2)29-18-9-21(27-11-17(18)23(34)28-12-19(25)24(3,4)35)30-20-6-5-15(10-26)22(31-20)32-8-7-16(33)13-32;11-5-7-1-2-9(12)13-10(7)14-4-3-8(15)6-14/h5-6,9,11,14,16,19,33,35H,7-8,12-13H2,1-4H3,(H,28,34)(H2,27,29,30,31);1-2,8,15H,3-4,6H2,(H2,12,13)/t16-,19-;8-/m11/s1. The Morgan fingerprint density at radius 1 is 1.02 bits per heavy atom. The molecule has 0 saturated carbocycles. The summed E-state index contributed by atoms with van der Waals surface area (Å²) >= 11 is 0. The highest BCUT2D eigenvalue weighted by Crippen LogP contribution is 2.27. The lowest BCUT2D eigenvalue weighted by Crippen LogP contribution is -2.42. The van der Waals surface area contributed by atoms with Crippen molar-refractivity contribution >= 4 is 40.7 Å². The van der Waals surface area contributed by atoms with Crippen molar-refractivity contribution in [3.8, 4) is 12.1 Å². The van der Waals surface area contributed by atoms with Gasteiger partial charge in [0.2, 0.25) is 0 Å². The van der Waals surface area contributed by atoms with Crippen molar-refractivity contribution in [1.29, 1.82) is 10.5 Å². The summed E-state index contributed by atoms with van der Waals surface area (Å²) in [4.78, 5) is 29.5.